The number of hydrogen-bond acceptors (Lipinski definition) is 1. The summed E-state index contributed by atoms with van der Waals surface area (Å²) >= 11 is 0. The predicted molar refractivity (Wildman–Crippen MR) is 46.4 cm³/mol. The Bertz CT molecular complexity index is 148. The highest BCUT2D eigenvalue weighted by Gasteiger charge is 2.34. The fraction of sp³-hybridized carbons (Fsp3) is 0.900. The van der Waals surface area contributed by atoms with Gasteiger partial charge >= 0.3 is 0 Å². The lowest BCUT2D eigenvalue weighted by Gasteiger charge is -2.37. The average molecular weight is 154 g/mol. The maximum absolute atomic E-state index is 10.7. The van der Waals surface area contributed by atoms with Crippen LogP contribution in [0.4, 0.5) is 0 Å². The first-order chi connectivity index (χ1) is 4.97. The third-order valence-electron chi connectivity index (χ3n) is 3.03. The van der Waals surface area contributed by atoms with Crippen LogP contribution in [0.3, 0.4) is 0 Å². The van der Waals surface area contributed by atoms with Gasteiger partial charge in [0, 0.05) is 5.41 Å². The first kappa shape index (κ1) is 8.76. The Labute approximate surface area is 69.2 Å². The molecule has 0 aromatic rings. The van der Waals surface area contributed by atoms with Crippen LogP contribution in [0.15, 0.2) is 0 Å². The van der Waals surface area contributed by atoms with Gasteiger partial charge in [-0.3, -0.25) is 0 Å². The lowest BCUT2D eigenvalue weighted by atomic mass is 9.67. The van der Waals surface area contributed by atoms with Crippen molar-refractivity contribution in [1.82, 2.24) is 0 Å². The van der Waals surface area contributed by atoms with Crippen molar-refractivity contribution in [3.63, 3.8) is 0 Å². The molecule has 0 spiro atoms. The molecular weight excluding hydrogens is 136 g/mol. The molecule has 0 bridgehead atoms. The van der Waals surface area contributed by atoms with Crippen LogP contribution in [0.1, 0.15) is 46.5 Å². The zero-order chi connectivity index (χ0) is 8.54. The summed E-state index contributed by atoms with van der Waals surface area (Å²) in [6.07, 6.45) is 5.68. The Morgan fingerprint density at radius 1 is 1.00 bits per heavy atom. The molecule has 1 rings (SSSR count). The summed E-state index contributed by atoms with van der Waals surface area (Å²) in [5.74, 6) is 0. The van der Waals surface area contributed by atoms with E-state index in [9.17, 15) is 4.79 Å². The van der Waals surface area contributed by atoms with Gasteiger partial charge in [-0.25, -0.2) is 0 Å². The minimum absolute atomic E-state index is 0.00444. The number of hydrogen-bond donors (Lipinski definition) is 0. The molecule has 0 aromatic carbocycles. The predicted octanol–water partition coefficient (Wildman–Crippen LogP) is 2.79. The van der Waals surface area contributed by atoms with Gasteiger partial charge in [0.2, 0.25) is 0 Å². The second kappa shape index (κ2) is 2.62. The van der Waals surface area contributed by atoms with Crippen molar-refractivity contribution in [1.29, 1.82) is 0 Å². The highest BCUT2D eigenvalue weighted by Crippen LogP contribution is 2.43. The Balaban J connectivity index is 2.54. The van der Waals surface area contributed by atoms with Crippen LogP contribution in [0, 0.1) is 10.8 Å². The maximum atomic E-state index is 10.7. The molecule has 11 heavy (non-hydrogen) atoms. The van der Waals surface area contributed by atoms with Crippen molar-refractivity contribution >= 4 is 6.29 Å². The van der Waals surface area contributed by atoms with Crippen molar-refractivity contribution in [2.45, 2.75) is 46.5 Å². The smallest absolute Gasteiger partial charge is 0.125 e. The van der Waals surface area contributed by atoms with Gasteiger partial charge in [-0.2, -0.15) is 0 Å². The lowest BCUT2D eigenvalue weighted by Crippen LogP contribution is -2.29. The van der Waals surface area contributed by atoms with Crippen LogP contribution < -0.4 is 0 Å². The molecule has 0 unspecified atom stereocenters. The second-order valence-corrected chi connectivity index (χ2v) is 4.94. The van der Waals surface area contributed by atoms with E-state index in [2.05, 4.69) is 20.8 Å². The zero-order valence-corrected chi connectivity index (χ0v) is 7.81. The summed E-state index contributed by atoms with van der Waals surface area (Å²) in [5.41, 5.74) is 0.470. The molecule has 1 nitrogen and oxygen atoms in total. The minimum atomic E-state index is -0.00444. The molecule has 0 atom stereocenters. The lowest BCUT2D eigenvalue weighted by molar-refractivity contribution is -0.117. The standard InChI is InChI=1S/C10H18O/c1-9(2)4-6-10(3,8-11)7-5-9/h8H,4-7H2,1-3H3. The topological polar surface area (TPSA) is 17.1 Å². The monoisotopic (exact) mass is 154 g/mol. The average Bonchev–Trinajstić information content (AvgIpc) is 1.97. The van der Waals surface area contributed by atoms with Crippen LogP contribution in [-0.4, -0.2) is 6.29 Å². The summed E-state index contributed by atoms with van der Waals surface area (Å²) in [6, 6.07) is 0. The molecule has 0 N–H and O–H groups in total. The van der Waals surface area contributed by atoms with Crippen molar-refractivity contribution in [2.24, 2.45) is 10.8 Å². The summed E-state index contributed by atoms with van der Waals surface area (Å²) in [7, 11) is 0. The van der Waals surface area contributed by atoms with Gasteiger partial charge in [0.05, 0.1) is 0 Å². The normalized spacial score (nSPS) is 27.9. The fourth-order valence-corrected chi connectivity index (χ4v) is 1.62. The number of carbonyl (C=O) groups excluding carboxylic acids is 1. The Morgan fingerprint density at radius 3 is 1.82 bits per heavy atom. The largest absolute Gasteiger partial charge is 0.303 e. The first-order valence-electron chi connectivity index (χ1n) is 4.44. The Kier molecular flexibility index (Phi) is 2.08. The molecule has 0 radical (unpaired) electrons. The van der Waals surface area contributed by atoms with E-state index in [-0.39, 0.29) is 5.41 Å². The van der Waals surface area contributed by atoms with Crippen molar-refractivity contribution in [3.8, 4) is 0 Å². The zero-order valence-electron chi connectivity index (χ0n) is 7.81. The molecule has 1 heteroatoms. The molecule has 64 valence electrons. The third-order valence-corrected chi connectivity index (χ3v) is 3.03. The molecule has 0 aromatic heterocycles. The van der Waals surface area contributed by atoms with Crippen LogP contribution in [0.2, 0.25) is 0 Å². The van der Waals surface area contributed by atoms with Gasteiger partial charge in [-0.05, 0) is 31.1 Å². The van der Waals surface area contributed by atoms with Gasteiger partial charge in [0.25, 0.3) is 0 Å². The van der Waals surface area contributed by atoms with E-state index in [4.69, 9.17) is 0 Å². The van der Waals surface area contributed by atoms with Gasteiger partial charge in [-0.15, -0.1) is 0 Å². The van der Waals surface area contributed by atoms with Crippen molar-refractivity contribution in [3.05, 3.63) is 0 Å². The maximum Gasteiger partial charge on any atom is 0.125 e. The van der Waals surface area contributed by atoms with E-state index in [0.29, 0.717) is 5.41 Å². The molecular formula is C10H18O. The van der Waals surface area contributed by atoms with Crippen LogP contribution in [0.5, 0.6) is 0 Å². The van der Waals surface area contributed by atoms with Crippen LogP contribution in [0.25, 0.3) is 0 Å². The van der Waals surface area contributed by atoms with Crippen LogP contribution >= 0.6 is 0 Å². The highest BCUT2D eigenvalue weighted by atomic mass is 16.1. The summed E-state index contributed by atoms with van der Waals surface area (Å²) in [6.45, 7) is 6.66. The van der Waals surface area contributed by atoms with Gasteiger partial charge in [0.15, 0.2) is 0 Å². The van der Waals surface area contributed by atoms with E-state index in [1.165, 1.54) is 12.8 Å². The molecule has 1 saturated carbocycles. The Morgan fingerprint density at radius 2 is 1.45 bits per heavy atom. The summed E-state index contributed by atoms with van der Waals surface area (Å²) < 4.78 is 0. The fourth-order valence-electron chi connectivity index (χ4n) is 1.62. The number of rotatable bonds is 1. The van der Waals surface area contributed by atoms with Crippen molar-refractivity contribution < 1.29 is 4.79 Å². The molecule has 0 amide bonds. The van der Waals surface area contributed by atoms with Gasteiger partial charge in [-0.1, -0.05) is 20.8 Å². The minimum Gasteiger partial charge on any atom is -0.303 e. The van der Waals surface area contributed by atoms with Gasteiger partial charge < -0.3 is 4.79 Å². The third kappa shape index (κ3) is 2.05. The van der Waals surface area contributed by atoms with Gasteiger partial charge in [0.1, 0.15) is 6.29 Å². The summed E-state index contributed by atoms with van der Waals surface area (Å²) in [4.78, 5) is 10.7. The number of aldehydes is 1. The number of carbonyl (C=O) groups is 1. The quantitative estimate of drug-likeness (QED) is 0.531. The summed E-state index contributed by atoms with van der Waals surface area (Å²) in [5, 5.41) is 0. The van der Waals surface area contributed by atoms with Crippen molar-refractivity contribution in [2.75, 3.05) is 0 Å². The van der Waals surface area contributed by atoms with Crippen LogP contribution in [-0.2, 0) is 4.79 Å². The van der Waals surface area contributed by atoms with E-state index >= 15 is 0 Å². The van der Waals surface area contributed by atoms with E-state index in [1.807, 2.05) is 0 Å². The molecule has 1 aliphatic rings. The SMILES string of the molecule is CC1(C)CCC(C)(C=O)CC1. The van der Waals surface area contributed by atoms with E-state index < -0.39 is 0 Å². The van der Waals surface area contributed by atoms with E-state index in [0.717, 1.165) is 19.1 Å². The molecule has 0 aliphatic heterocycles. The Hall–Kier alpha value is -0.330. The highest BCUT2D eigenvalue weighted by molar-refractivity contribution is 5.58. The molecule has 1 aliphatic carbocycles. The molecule has 0 saturated heterocycles. The van der Waals surface area contributed by atoms with E-state index in [1.54, 1.807) is 0 Å². The second-order valence-electron chi connectivity index (χ2n) is 4.94. The molecule has 1 fully saturated rings. The molecule has 0 heterocycles. The first-order valence-corrected chi connectivity index (χ1v) is 4.44.